The zero-order valence-electron chi connectivity index (χ0n) is 10.3. The lowest BCUT2D eigenvalue weighted by atomic mass is 10.3. The predicted octanol–water partition coefficient (Wildman–Crippen LogP) is 0.943. The Morgan fingerprint density at radius 1 is 1.37 bits per heavy atom. The number of alkyl halides is 2. The molecule has 0 aliphatic carbocycles. The van der Waals surface area contributed by atoms with Gasteiger partial charge in [-0.15, -0.1) is 0 Å². The largest absolute Gasteiger partial charge is 0.495 e. The number of nitrogens with zero attached hydrogens (tertiary/aromatic N) is 1. The van der Waals surface area contributed by atoms with Crippen LogP contribution in [0.4, 0.5) is 8.78 Å². The fraction of sp³-hybridized carbons (Fsp3) is 0.455. The van der Waals surface area contributed by atoms with Crippen LogP contribution in [0, 0.1) is 0 Å². The standard InChI is InChI=1S/C11H15F2NO4S/c1-18-9-4-2-3-5-10(9)19(16,17)14(6-7-15)8-11(12)13/h2-5,11,15H,6-8H2,1H3. The summed E-state index contributed by atoms with van der Waals surface area (Å²) in [6.07, 6.45) is -2.82. The monoisotopic (exact) mass is 295 g/mol. The van der Waals surface area contributed by atoms with E-state index in [-0.39, 0.29) is 10.6 Å². The van der Waals surface area contributed by atoms with Crippen molar-refractivity contribution in [1.29, 1.82) is 0 Å². The van der Waals surface area contributed by atoms with E-state index in [1.54, 1.807) is 6.07 Å². The number of ether oxygens (including phenoxy) is 1. The summed E-state index contributed by atoms with van der Waals surface area (Å²) in [6, 6.07) is 5.73. The van der Waals surface area contributed by atoms with E-state index in [0.29, 0.717) is 4.31 Å². The fourth-order valence-electron chi connectivity index (χ4n) is 1.55. The minimum Gasteiger partial charge on any atom is -0.495 e. The van der Waals surface area contributed by atoms with Gasteiger partial charge in [0.25, 0.3) is 6.43 Å². The Morgan fingerprint density at radius 2 is 2.00 bits per heavy atom. The van der Waals surface area contributed by atoms with Crippen molar-refractivity contribution in [2.45, 2.75) is 11.3 Å². The van der Waals surface area contributed by atoms with Gasteiger partial charge in [-0.3, -0.25) is 0 Å². The summed E-state index contributed by atoms with van der Waals surface area (Å²) < 4.78 is 54.8. The van der Waals surface area contributed by atoms with Crippen molar-refractivity contribution in [1.82, 2.24) is 4.31 Å². The molecule has 108 valence electrons. The fourth-order valence-corrected chi connectivity index (χ4v) is 3.11. The first-order valence-electron chi connectivity index (χ1n) is 5.45. The van der Waals surface area contributed by atoms with Gasteiger partial charge in [0.05, 0.1) is 20.3 Å². The minimum absolute atomic E-state index is 0.0692. The lowest BCUT2D eigenvalue weighted by Crippen LogP contribution is -2.37. The highest BCUT2D eigenvalue weighted by Crippen LogP contribution is 2.26. The van der Waals surface area contributed by atoms with Gasteiger partial charge in [-0.1, -0.05) is 12.1 Å². The number of hydrogen-bond donors (Lipinski definition) is 1. The van der Waals surface area contributed by atoms with Crippen LogP contribution in [0.5, 0.6) is 5.75 Å². The average molecular weight is 295 g/mol. The molecule has 0 radical (unpaired) electrons. The summed E-state index contributed by atoms with van der Waals surface area (Å²) in [4.78, 5) is -0.202. The average Bonchev–Trinajstić information content (AvgIpc) is 2.37. The molecule has 0 unspecified atom stereocenters. The predicted molar refractivity (Wildman–Crippen MR) is 64.8 cm³/mol. The third-order valence-electron chi connectivity index (χ3n) is 2.38. The van der Waals surface area contributed by atoms with E-state index in [2.05, 4.69) is 0 Å². The molecule has 0 heterocycles. The molecule has 8 heteroatoms. The van der Waals surface area contributed by atoms with Gasteiger partial charge in [0.1, 0.15) is 10.6 Å². The molecule has 0 aromatic heterocycles. The molecular formula is C11H15F2NO4S. The zero-order valence-corrected chi connectivity index (χ0v) is 11.1. The highest BCUT2D eigenvalue weighted by molar-refractivity contribution is 7.89. The van der Waals surface area contributed by atoms with Gasteiger partial charge >= 0.3 is 0 Å². The Labute approximate surface area is 110 Å². The lowest BCUT2D eigenvalue weighted by molar-refractivity contribution is 0.113. The molecule has 1 N–H and O–H groups in total. The van der Waals surface area contributed by atoms with Gasteiger partial charge in [0, 0.05) is 6.54 Å². The van der Waals surface area contributed by atoms with Crippen LogP contribution in [0.25, 0.3) is 0 Å². The number of benzene rings is 1. The Bertz CT molecular complexity index is 507. The van der Waals surface area contributed by atoms with Crippen LogP contribution in [-0.4, -0.2) is 51.1 Å². The van der Waals surface area contributed by atoms with Gasteiger partial charge in [0.2, 0.25) is 10.0 Å². The van der Waals surface area contributed by atoms with Gasteiger partial charge in [-0.25, -0.2) is 17.2 Å². The van der Waals surface area contributed by atoms with E-state index in [9.17, 15) is 17.2 Å². The molecule has 0 fully saturated rings. The van der Waals surface area contributed by atoms with E-state index < -0.39 is 36.1 Å². The second kappa shape index (κ2) is 6.78. The third-order valence-corrected chi connectivity index (χ3v) is 4.28. The summed E-state index contributed by atoms with van der Waals surface area (Å²) in [5, 5.41) is 8.80. The number of aliphatic hydroxyl groups is 1. The van der Waals surface area contributed by atoms with Crippen molar-refractivity contribution in [3.63, 3.8) is 0 Å². The summed E-state index contributed by atoms with van der Waals surface area (Å²) in [5.74, 6) is 0.0692. The van der Waals surface area contributed by atoms with Crippen LogP contribution < -0.4 is 4.74 Å². The molecule has 19 heavy (non-hydrogen) atoms. The van der Waals surface area contributed by atoms with Gasteiger partial charge in [-0.05, 0) is 12.1 Å². The highest BCUT2D eigenvalue weighted by Gasteiger charge is 2.29. The molecule has 0 amide bonds. The van der Waals surface area contributed by atoms with E-state index in [1.165, 1.54) is 25.3 Å². The first-order chi connectivity index (χ1) is 8.93. The number of hydrogen-bond acceptors (Lipinski definition) is 4. The van der Waals surface area contributed by atoms with Gasteiger partial charge in [0.15, 0.2) is 0 Å². The molecule has 0 atom stereocenters. The smallest absolute Gasteiger partial charge is 0.252 e. The summed E-state index contributed by atoms with van der Waals surface area (Å²) in [5.41, 5.74) is 0. The first-order valence-corrected chi connectivity index (χ1v) is 6.89. The van der Waals surface area contributed by atoms with E-state index in [0.717, 1.165) is 0 Å². The molecule has 0 saturated carbocycles. The topological polar surface area (TPSA) is 66.8 Å². The van der Waals surface area contributed by atoms with Crippen LogP contribution in [0.1, 0.15) is 0 Å². The van der Waals surface area contributed by atoms with Gasteiger partial charge in [-0.2, -0.15) is 4.31 Å². The first kappa shape index (κ1) is 15.8. The number of aliphatic hydroxyl groups excluding tert-OH is 1. The van der Waals surface area contributed by atoms with E-state index in [4.69, 9.17) is 9.84 Å². The van der Waals surface area contributed by atoms with Crippen LogP contribution >= 0.6 is 0 Å². The third kappa shape index (κ3) is 3.85. The second-order valence-corrected chi connectivity index (χ2v) is 5.53. The van der Waals surface area contributed by atoms with Crippen molar-refractivity contribution in [2.24, 2.45) is 0 Å². The summed E-state index contributed by atoms with van der Waals surface area (Å²) in [6.45, 7) is -1.91. The lowest BCUT2D eigenvalue weighted by Gasteiger charge is -2.21. The summed E-state index contributed by atoms with van der Waals surface area (Å²) in [7, 11) is -2.84. The molecule has 0 aliphatic heterocycles. The molecule has 0 saturated heterocycles. The van der Waals surface area contributed by atoms with Crippen LogP contribution in [0.3, 0.4) is 0 Å². The van der Waals surface area contributed by atoms with Crippen LogP contribution in [0.2, 0.25) is 0 Å². The Morgan fingerprint density at radius 3 is 2.53 bits per heavy atom. The molecule has 0 spiro atoms. The SMILES string of the molecule is COc1ccccc1S(=O)(=O)N(CCO)CC(F)F. The molecule has 1 aromatic rings. The quantitative estimate of drug-likeness (QED) is 0.813. The maximum absolute atomic E-state index is 12.4. The molecule has 1 aromatic carbocycles. The molecule has 0 bridgehead atoms. The maximum Gasteiger partial charge on any atom is 0.252 e. The number of sulfonamides is 1. The minimum atomic E-state index is -4.13. The van der Waals surface area contributed by atoms with E-state index in [1.807, 2.05) is 0 Å². The Kier molecular flexibility index (Phi) is 5.64. The Hall–Kier alpha value is -1.25. The molecule has 0 aliphatic rings. The van der Waals surface area contributed by atoms with Crippen LogP contribution in [0.15, 0.2) is 29.2 Å². The normalized spacial score (nSPS) is 12.1. The molecule has 1 rings (SSSR count). The number of methoxy groups -OCH3 is 1. The van der Waals surface area contributed by atoms with Crippen molar-refractivity contribution in [3.8, 4) is 5.75 Å². The van der Waals surface area contributed by atoms with Crippen molar-refractivity contribution >= 4 is 10.0 Å². The number of halogens is 2. The van der Waals surface area contributed by atoms with Crippen molar-refractivity contribution < 1.29 is 27.0 Å². The number of para-hydroxylation sites is 1. The maximum atomic E-state index is 12.4. The second-order valence-electron chi connectivity index (χ2n) is 3.63. The highest BCUT2D eigenvalue weighted by atomic mass is 32.2. The Balaban J connectivity index is 3.18. The van der Waals surface area contributed by atoms with Crippen molar-refractivity contribution in [2.75, 3.05) is 26.8 Å². The zero-order chi connectivity index (χ0) is 14.5. The van der Waals surface area contributed by atoms with E-state index >= 15 is 0 Å². The van der Waals surface area contributed by atoms with Crippen molar-refractivity contribution in [3.05, 3.63) is 24.3 Å². The molecular weight excluding hydrogens is 280 g/mol. The number of rotatable bonds is 7. The van der Waals surface area contributed by atoms with Gasteiger partial charge < -0.3 is 9.84 Å². The van der Waals surface area contributed by atoms with Crippen LogP contribution in [-0.2, 0) is 10.0 Å². The molecule has 5 nitrogen and oxygen atoms in total. The summed E-state index contributed by atoms with van der Waals surface area (Å²) >= 11 is 0.